The van der Waals surface area contributed by atoms with Crippen molar-refractivity contribution < 1.29 is 125 Å². The molecule has 3 atom stereocenters. The summed E-state index contributed by atoms with van der Waals surface area (Å²) in [5.74, 6) is -8.66. The van der Waals surface area contributed by atoms with Gasteiger partial charge in [-0.05, 0) is 172 Å². The van der Waals surface area contributed by atoms with E-state index in [1.54, 1.807) is 0 Å². The maximum atomic E-state index is 13.8. The number of hydrogen-bond acceptors (Lipinski definition) is 18. The molecular weight excluding hydrogens is 1180 g/mol. The summed E-state index contributed by atoms with van der Waals surface area (Å²) in [6.07, 6.45) is -1.92. The number of ether oxygens (including phenoxy) is 9. The molecule has 9 saturated carbocycles. The minimum atomic E-state index is -5.16. The topological polar surface area (TPSA) is 237 Å². The first-order chi connectivity index (χ1) is 40.2. The van der Waals surface area contributed by atoms with Crippen LogP contribution >= 0.6 is 0 Å². The van der Waals surface area contributed by atoms with Gasteiger partial charge in [-0.15, -0.1) is 0 Å². The van der Waals surface area contributed by atoms with Crippen LogP contribution < -0.4 is 0 Å². The van der Waals surface area contributed by atoms with E-state index in [1.807, 2.05) is 0 Å². The molecule has 0 radical (unpaired) electrons. The predicted molar refractivity (Wildman–Crippen MR) is 284 cm³/mol. The van der Waals surface area contributed by atoms with Gasteiger partial charge >= 0.3 is 72.3 Å². The molecule has 8 bridgehead atoms. The van der Waals surface area contributed by atoms with Crippen molar-refractivity contribution in [3.63, 3.8) is 0 Å². The molecule has 0 saturated heterocycles. The lowest BCUT2D eigenvalue weighted by atomic mass is 9.49. The van der Waals surface area contributed by atoms with Gasteiger partial charge in [0.25, 0.3) is 16.8 Å². The third-order valence-corrected chi connectivity index (χ3v) is 17.5. The summed E-state index contributed by atoms with van der Waals surface area (Å²) in [6.45, 7) is 12.6. The molecule has 0 N–H and O–H groups in total. The third kappa shape index (κ3) is 18.0. The van der Waals surface area contributed by atoms with Crippen molar-refractivity contribution >= 4 is 53.7 Å². The number of alkyl halides is 9. The minimum absolute atomic E-state index is 0.0952. The molecule has 0 aromatic rings. The largest absolute Gasteiger partial charge is 0.459 e. The summed E-state index contributed by atoms with van der Waals surface area (Å²) in [4.78, 5) is 108. The maximum Gasteiger partial charge on any atom is 0.439 e. The molecule has 3 unspecified atom stereocenters. The van der Waals surface area contributed by atoms with Crippen molar-refractivity contribution in [2.24, 2.45) is 52.3 Å². The van der Waals surface area contributed by atoms with Crippen LogP contribution in [-0.2, 0) is 85.8 Å². The predicted octanol–water partition coefficient (Wildman–Crippen LogP) is 10.9. The fourth-order valence-corrected chi connectivity index (χ4v) is 13.6. The first kappa shape index (κ1) is 71.6. The van der Waals surface area contributed by atoms with E-state index in [0.717, 1.165) is 77.0 Å². The van der Waals surface area contributed by atoms with E-state index in [4.69, 9.17) is 14.2 Å². The lowest BCUT2D eigenvalue weighted by molar-refractivity contribution is -0.272. The van der Waals surface area contributed by atoms with Crippen molar-refractivity contribution in [2.45, 2.75) is 192 Å². The molecule has 9 fully saturated rings. The molecule has 87 heavy (non-hydrogen) atoms. The molecule has 0 spiro atoms. The fourth-order valence-electron chi connectivity index (χ4n) is 13.6. The van der Waals surface area contributed by atoms with Crippen molar-refractivity contribution in [2.75, 3.05) is 39.6 Å². The van der Waals surface area contributed by atoms with Gasteiger partial charge in [0, 0.05) is 16.7 Å². The second-order valence-electron chi connectivity index (χ2n) is 25.2. The van der Waals surface area contributed by atoms with Crippen molar-refractivity contribution in [3.05, 3.63) is 36.5 Å². The van der Waals surface area contributed by atoms with Crippen LogP contribution in [0.2, 0.25) is 0 Å². The van der Waals surface area contributed by atoms with Crippen molar-refractivity contribution in [1.82, 2.24) is 0 Å². The number of esters is 9. The Hall–Kier alpha value is -6.18. The number of rotatable bonds is 22. The van der Waals surface area contributed by atoms with Crippen LogP contribution in [0.15, 0.2) is 36.5 Å². The van der Waals surface area contributed by atoms with E-state index in [2.05, 4.69) is 48.2 Å². The smallest absolute Gasteiger partial charge is 0.439 e. The summed E-state index contributed by atoms with van der Waals surface area (Å²) in [6, 6.07) is 0. The highest BCUT2D eigenvalue weighted by atomic mass is 19.4. The lowest BCUT2D eigenvalue weighted by Crippen LogP contribution is -2.58. The minimum Gasteiger partial charge on any atom is -0.459 e. The van der Waals surface area contributed by atoms with E-state index < -0.39 is 140 Å². The summed E-state index contributed by atoms with van der Waals surface area (Å²) in [5.41, 5.74) is -11.2. The second kappa shape index (κ2) is 28.5. The molecule has 0 aliphatic heterocycles. The van der Waals surface area contributed by atoms with Crippen molar-refractivity contribution in [1.29, 1.82) is 0 Å². The van der Waals surface area contributed by atoms with Gasteiger partial charge in [0.05, 0.1) is 17.8 Å². The van der Waals surface area contributed by atoms with E-state index in [0.29, 0.717) is 88.4 Å². The summed E-state index contributed by atoms with van der Waals surface area (Å²) in [5, 5.41) is 0. The van der Waals surface area contributed by atoms with E-state index in [9.17, 15) is 82.7 Å². The quantitative estimate of drug-likeness (QED) is 0.0322. The van der Waals surface area contributed by atoms with Gasteiger partial charge in [-0.1, -0.05) is 39.0 Å². The highest BCUT2D eigenvalue weighted by molar-refractivity contribution is 5.89. The fraction of sp³-hybridized carbons (Fsp3) is 0.750. The monoisotopic (exact) mass is 1260 g/mol. The highest BCUT2D eigenvalue weighted by Gasteiger charge is 2.66. The Morgan fingerprint density at radius 1 is 0.414 bits per heavy atom. The standard InChI is InChI=1S/C22H29F3O6.C21H27F3O6.C17H23F3O6/c1-13(2)18(27)29-4-5-30-19(28)20(3,22(23,24)25)31-17(26)12-21-9-14-6-15(10-21)8-16(7-14)11-21;1-12(2)16(25)28-4-5-29-17(26)19(3,21(22,23)24)30-18(27)20-9-13-6-14(10-20)8-15(7-13)11-20;1-11(2)13(21)24-9-10-25-15(23)16(3,17(18,19)20)26-14(22)12-7-5-4-6-8-12/h14-16H,1,4-12H2,2-3H3;13-15H,1,4-11H2,2-3H3;12H,1,4-10H2,2-3H3. The Balaban J connectivity index is 0.000000239. The lowest BCUT2D eigenvalue weighted by Gasteiger charge is -2.56. The molecule has 0 heterocycles. The zero-order valence-electron chi connectivity index (χ0n) is 49.9. The number of hydrogen-bond donors (Lipinski definition) is 0. The third-order valence-electron chi connectivity index (χ3n) is 17.5. The molecule has 27 heteroatoms. The second-order valence-corrected chi connectivity index (χ2v) is 25.2. The number of carbonyl (C=O) groups excluding carboxylic acids is 9. The van der Waals surface area contributed by atoms with Gasteiger partial charge in [0.2, 0.25) is 0 Å². The Bertz CT molecular complexity index is 2530. The first-order valence-electron chi connectivity index (χ1n) is 29.1. The van der Waals surface area contributed by atoms with Gasteiger partial charge in [0.15, 0.2) is 0 Å². The average Bonchev–Trinajstić information content (AvgIpc) is 1.15. The van der Waals surface area contributed by atoms with Crippen LogP contribution in [-0.4, -0.2) is 129 Å². The average molecular weight is 1260 g/mol. The molecule has 9 aliphatic rings. The molecule has 490 valence electrons. The van der Waals surface area contributed by atoms with Gasteiger partial charge in [-0.3, -0.25) is 14.4 Å². The molecular formula is C60H79F9O18. The Morgan fingerprint density at radius 3 is 1.01 bits per heavy atom. The number of carbonyl (C=O) groups is 9. The molecule has 0 aromatic carbocycles. The zero-order valence-corrected chi connectivity index (χ0v) is 49.9. The van der Waals surface area contributed by atoms with Gasteiger partial charge in [-0.2, -0.15) is 39.5 Å². The molecule has 0 amide bonds. The normalized spacial score (nSPS) is 27.2. The SMILES string of the molecule is C=C(C)C(=O)OCCOC(=O)C(C)(OC(=O)C12CC3CC(CC(C3)C1)C2)C(F)(F)F.C=C(C)C(=O)OCCOC(=O)C(C)(OC(=O)C1CCCCC1)C(F)(F)F.C=C(C)C(=O)OCCOC(=O)C(C)(OC(=O)CC12CC3CC(CC(C3)C1)C2)C(F)(F)F. The van der Waals surface area contributed by atoms with E-state index in [-0.39, 0.29) is 28.6 Å². The first-order valence-corrected chi connectivity index (χ1v) is 29.1. The number of halogens is 9. The summed E-state index contributed by atoms with van der Waals surface area (Å²) in [7, 11) is 0. The van der Waals surface area contributed by atoms with Crippen LogP contribution in [0.1, 0.15) is 157 Å². The molecule has 9 aliphatic carbocycles. The Labute approximate surface area is 498 Å². The highest BCUT2D eigenvalue weighted by Crippen LogP contribution is 2.62. The molecule has 9 rings (SSSR count). The van der Waals surface area contributed by atoms with Gasteiger partial charge in [-0.25, -0.2) is 28.8 Å². The summed E-state index contributed by atoms with van der Waals surface area (Å²) < 4.78 is 164. The maximum absolute atomic E-state index is 13.8. The molecule has 18 nitrogen and oxygen atoms in total. The summed E-state index contributed by atoms with van der Waals surface area (Å²) >= 11 is 0. The van der Waals surface area contributed by atoms with Gasteiger partial charge in [0.1, 0.15) is 39.6 Å². The van der Waals surface area contributed by atoms with Crippen LogP contribution in [0.3, 0.4) is 0 Å². The van der Waals surface area contributed by atoms with E-state index >= 15 is 0 Å². The Kier molecular flexibility index (Phi) is 23.5. The van der Waals surface area contributed by atoms with Crippen LogP contribution in [0.4, 0.5) is 39.5 Å². The van der Waals surface area contributed by atoms with Crippen LogP contribution in [0, 0.1) is 52.3 Å². The zero-order chi connectivity index (χ0) is 65.3. The Morgan fingerprint density at radius 2 is 0.701 bits per heavy atom. The molecule has 0 aromatic heterocycles. The van der Waals surface area contributed by atoms with E-state index in [1.165, 1.54) is 20.8 Å². The van der Waals surface area contributed by atoms with Crippen molar-refractivity contribution in [3.8, 4) is 0 Å². The van der Waals surface area contributed by atoms with Crippen LogP contribution in [0.5, 0.6) is 0 Å². The van der Waals surface area contributed by atoms with Crippen LogP contribution in [0.25, 0.3) is 0 Å². The van der Waals surface area contributed by atoms with Gasteiger partial charge < -0.3 is 42.6 Å².